The molecule has 0 aromatic heterocycles. The molecular weight excluding hydrogens is 246 g/mol. The number of amides is 1. The fraction of sp³-hybridized carbons (Fsp3) is 0.500. The maximum atomic E-state index is 12.4. The van der Waals surface area contributed by atoms with Crippen LogP contribution >= 0.6 is 11.8 Å². The lowest BCUT2D eigenvalue weighted by Crippen LogP contribution is -2.36. The lowest BCUT2D eigenvalue weighted by atomic mass is 10.1. The topological polar surface area (TPSA) is 29.5 Å². The van der Waals surface area contributed by atoms with Crippen molar-refractivity contribution in [1.82, 2.24) is 4.90 Å². The monoisotopic (exact) mass is 267 g/mol. The van der Waals surface area contributed by atoms with Crippen LogP contribution in [0.2, 0.25) is 0 Å². The maximum Gasteiger partial charge on any atom is 0.257 e. The van der Waals surface area contributed by atoms with Crippen molar-refractivity contribution in [2.24, 2.45) is 0 Å². The van der Waals surface area contributed by atoms with Gasteiger partial charge in [0, 0.05) is 18.8 Å². The first kappa shape index (κ1) is 14.9. The molecule has 0 spiro atoms. The van der Waals surface area contributed by atoms with Crippen molar-refractivity contribution in [2.45, 2.75) is 19.9 Å². The summed E-state index contributed by atoms with van der Waals surface area (Å²) in [7, 11) is 3.43. The van der Waals surface area contributed by atoms with Gasteiger partial charge in [0.15, 0.2) is 0 Å². The molecule has 0 N–H and O–H groups in total. The average molecular weight is 267 g/mol. The van der Waals surface area contributed by atoms with E-state index >= 15 is 0 Å². The standard InChI is InChI=1S/C14H21NO2S/c1-5-18-10-11(2)15(3)14(16)12-8-6-7-9-13(12)17-4/h6-9,11H,5,10H2,1-4H3/t11-/m0/s1. The van der Waals surface area contributed by atoms with Crippen LogP contribution in [0.25, 0.3) is 0 Å². The van der Waals surface area contributed by atoms with Gasteiger partial charge in [-0.15, -0.1) is 0 Å². The van der Waals surface area contributed by atoms with Crippen LogP contribution in [0.1, 0.15) is 24.2 Å². The molecule has 0 saturated heterocycles. The summed E-state index contributed by atoms with van der Waals surface area (Å²) >= 11 is 1.84. The molecule has 0 bridgehead atoms. The number of carbonyl (C=O) groups is 1. The molecule has 0 radical (unpaired) electrons. The molecule has 1 rings (SSSR count). The highest BCUT2D eigenvalue weighted by Crippen LogP contribution is 2.20. The fourth-order valence-electron chi connectivity index (χ4n) is 1.61. The summed E-state index contributed by atoms with van der Waals surface area (Å²) in [5.74, 6) is 2.66. The molecule has 0 aliphatic carbocycles. The number of para-hydroxylation sites is 1. The Bertz CT molecular complexity index is 395. The highest BCUT2D eigenvalue weighted by atomic mass is 32.2. The summed E-state index contributed by atoms with van der Waals surface area (Å²) in [4.78, 5) is 14.1. The Morgan fingerprint density at radius 2 is 2.11 bits per heavy atom. The van der Waals surface area contributed by atoms with Gasteiger partial charge in [-0.1, -0.05) is 19.1 Å². The highest BCUT2D eigenvalue weighted by Gasteiger charge is 2.20. The molecule has 3 nitrogen and oxygen atoms in total. The average Bonchev–Trinajstić information content (AvgIpc) is 2.42. The van der Waals surface area contributed by atoms with E-state index in [1.54, 1.807) is 18.1 Å². The van der Waals surface area contributed by atoms with Crippen LogP contribution in [0.3, 0.4) is 0 Å². The normalized spacial score (nSPS) is 12.0. The number of ether oxygens (including phenoxy) is 1. The zero-order valence-electron chi connectivity index (χ0n) is 11.5. The van der Waals surface area contributed by atoms with Gasteiger partial charge in [0.1, 0.15) is 5.75 Å². The van der Waals surface area contributed by atoms with Gasteiger partial charge in [-0.25, -0.2) is 0 Å². The number of thioether (sulfide) groups is 1. The van der Waals surface area contributed by atoms with Crippen molar-refractivity contribution >= 4 is 17.7 Å². The zero-order chi connectivity index (χ0) is 13.5. The molecule has 18 heavy (non-hydrogen) atoms. The Morgan fingerprint density at radius 3 is 2.72 bits per heavy atom. The molecule has 100 valence electrons. The summed E-state index contributed by atoms with van der Waals surface area (Å²) in [5, 5.41) is 0. The molecular formula is C14H21NO2S. The zero-order valence-corrected chi connectivity index (χ0v) is 12.3. The third-order valence-corrected chi connectivity index (χ3v) is 4.01. The summed E-state index contributed by atoms with van der Waals surface area (Å²) in [5.41, 5.74) is 0.621. The van der Waals surface area contributed by atoms with Crippen LogP contribution < -0.4 is 4.74 Å². The second kappa shape index (κ2) is 7.31. The molecule has 1 aromatic carbocycles. The first-order valence-corrected chi connectivity index (χ1v) is 7.25. The Hall–Kier alpha value is -1.16. The Morgan fingerprint density at radius 1 is 1.44 bits per heavy atom. The van der Waals surface area contributed by atoms with Gasteiger partial charge in [0.2, 0.25) is 0 Å². The SMILES string of the molecule is CCSC[C@H](C)N(C)C(=O)c1ccccc1OC. The second-order valence-electron chi connectivity index (χ2n) is 4.12. The van der Waals surface area contributed by atoms with Crippen molar-refractivity contribution in [1.29, 1.82) is 0 Å². The number of methoxy groups -OCH3 is 1. The van der Waals surface area contributed by atoms with Crippen LogP contribution in [-0.4, -0.2) is 42.5 Å². The molecule has 1 atom stereocenters. The number of benzene rings is 1. The van der Waals surface area contributed by atoms with Crippen molar-refractivity contribution in [3.63, 3.8) is 0 Å². The van der Waals surface area contributed by atoms with Crippen LogP contribution in [0, 0.1) is 0 Å². The Labute approximate surface area is 114 Å². The molecule has 0 unspecified atom stereocenters. The smallest absolute Gasteiger partial charge is 0.257 e. The van der Waals surface area contributed by atoms with E-state index < -0.39 is 0 Å². The van der Waals surface area contributed by atoms with Crippen molar-refractivity contribution in [3.05, 3.63) is 29.8 Å². The number of hydrogen-bond donors (Lipinski definition) is 0. The molecule has 0 fully saturated rings. The van der Waals surface area contributed by atoms with Crippen LogP contribution in [0.15, 0.2) is 24.3 Å². The lowest BCUT2D eigenvalue weighted by Gasteiger charge is -2.25. The quantitative estimate of drug-likeness (QED) is 0.793. The Kier molecular flexibility index (Phi) is 6.05. The first-order chi connectivity index (χ1) is 8.61. The molecule has 0 aliphatic rings. The maximum absolute atomic E-state index is 12.4. The molecule has 0 saturated carbocycles. The first-order valence-electron chi connectivity index (χ1n) is 6.09. The van der Waals surface area contributed by atoms with Gasteiger partial charge in [-0.3, -0.25) is 4.79 Å². The van der Waals surface area contributed by atoms with Gasteiger partial charge in [0.05, 0.1) is 12.7 Å². The minimum atomic E-state index is 0.0108. The predicted octanol–water partition coefficient (Wildman–Crippen LogP) is 2.91. The van der Waals surface area contributed by atoms with Crippen molar-refractivity contribution in [2.75, 3.05) is 25.7 Å². The van der Waals surface area contributed by atoms with Gasteiger partial charge < -0.3 is 9.64 Å². The summed E-state index contributed by atoms with van der Waals surface area (Å²) in [6.45, 7) is 4.19. The van der Waals surface area contributed by atoms with Crippen molar-refractivity contribution < 1.29 is 9.53 Å². The molecule has 0 heterocycles. The van der Waals surface area contributed by atoms with E-state index in [-0.39, 0.29) is 11.9 Å². The number of carbonyl (C=O) groups excluding carboxylic acids is 1. The van der Waals surface area contributed by atoms with Crippen molar-refractivity contribution in [3.8, 4) is 5.75 Å². The largest absolute Gasteiger partial charge is 0.496 e. The molecule has 1 amide bonds. The minimum Gasteiger partial charge on any atom is -0.496 e. The van der Waals surface area contributed by atoms with E-state index in [2.05, 4.69) is 13.8 Å². The highest BCUT2D eigenvalue weighted by molar-refractivity contribution is 7.99. The van der Waals surface area contributed by atoms with Gasteiger partial charge in [-0.2, -0.15) is 11.8 Å². The summed E-state index contributed by atoms with van der Waals surface area (Å²) in [6.07, 6.45) is 0. The molecule has 1 aromatic rings. The van der Waals surface area contributed by atoms with Crippen LogP contribution in [0.4, 0.5) is 0 Å². The number of rotatable bonds is 6. The van der Waals surface area contributed by atoms with E-state index in [0.717, 1.165) is 11.5 Å². The second-order valence-corrected chi connectivity index (χ2v) is 5.44. The number of nitrogens with zero attached hydrogens (tertiary/aromatic N) is 1. The van der Waals surface area contributed by atoms with Crippen LogP contribution in [0.5, 0.6) is 5.75 Å². The summed E-state index contributed by atoms with van der Waals surface area (Å²) in [6, 6.07) is 7.55. The minimum absolute atomic E-state index is 0.0108. The van der Waals surface area contributed by atoms with E-state index in [9.17, 15) is 4.79 Å². The van der Waals surface area contributed by atoms with E-state index in [0.29, 0.717) is 11.3 Å². The lowest BCUT2D eigenvalue weighted by molar-refractivity contribution is 0.0754. The number of hydrogen-bond acceptors (Lipinski definition) is 3. The van der Waals surface area contributed by atoms with E-state index in [1.807, 2.05) is 37.0 Å². The molecule has 4 heteroatoms. The van der Waals surface area contributed by atoms with Crippen LogP contribution in [-0.2, 0) is 0 Å². The van der Waals surface area contributed by atoms with E-state index in [1.165, 1.54) is 0 Å². The van der Waals surface area contributed by atoms with E-state index in [4.69, 9.17) is 4.74 Å². The van der Waals surface area contributed by atoms with Gasteiger partial charge in [-0.05, 0) is 24.8 Å². The Balaban J connectivity index is 2.79. The fourth-order valence-corrected chi connectivity index (χ4v) is 2.41. The third-order valence-electron chi connectivity index (χ3n) is 2.88. The van der Waals surface area contributed by atoms with Gasteiger partial charge >= 0.3 is 0 Å². The molecule has 0 aliphatic heterocycles. The summed E-state index contributed by atoms with van der Waals surface area (Å²) < 4.78 is 5.22. The van der Waals surface area contributed by atoms with Gasteiger partial charge in [0.25, 0.3) is 5.91 Å². The third kappa shape index (κ3) is 3.67. The predicted molar refractivity (Wildman–Crippen MR) is 77.5 cm³/mol.